The number of aromatic nitrogens is 9. The molecule has 1 aliphatic heterocycles. The number of ether oxygens (including phenoxy) is 5. The molecule has 4 saturated carbocycles. The minimum absolute atomic E-state index is 0. The van der Waals surface area contributed by atoms with Gasteiger partial charge in [-0.2, -0.15) is 8.42 Å². The van der Waals surface area contributed by atoms with Gasteiger partial charge in [-0.1, -0.05) is 69.4 Å². The zero-order valence-electron chi connectivity index (χ0n) is 59.4. The highest BCUT2D eigenvalue weighted by molar-refractivity contribution is 7.86. The normalized spacial score (nSPS) is 15.6. The predicted molar refractivity (Wildman–Crippen MR) is 371 cm³/mol. The Morgan fingerprint density at radius 1 is 0.716 bits per heavy atom. The van der Waals surface area contributed by atoms with Crippen LogP contribution in [0.3, 0.4) is 0 Å². The molecule has 6 atom stereocenters. The van der Waals surface area contributed by atoms with E-state index in [0.717, 1.165) is 41.7 Å². The number of carboxylic acids is 1. The topological polar surface area (TPSA) is 449 Å². The van der Waals surface area contributed by atoms with E-state index in [9.17, 15) is 51.9 Å². The molecule has 33 nitrogen and oxygen atoms in total. The number of methoxy groups -OCH3 is 5. The first-order valence-electron chi connectivity index (χ1n) is 32.2. The van der Waals surface area contributed by atoms with Gasteiger partial charge in [-0.25, -0.2) is 9.48 Å². The molecule has 4 heterocycles. The second-order valence-corrected chi connectivity index (χ2v) is 27.2. The van der Waals surface area contributed by atoms with Crippen molar-refractivity contribution in [3.05, 3.63) is 114 Å². The number of carbonyl (C=O) groups is 8. The number of amides is 2. The zero-order chi connectivity index (χ0) is 76.0. The van der Waals surface area contributed by atoms with Crippen LogP contribution in [0.15, 0.2) is 54.0 Å². The molecule has 4 aliphatic carbocycles. The summed E-state index contributed by atoms with van der Waals surface area (Å²) in [5.74, 6) is -0.568. The number of aliphatic hydroxyl groups excluding tert-OH is 1. The molecule has 37 heteroatoms. The molecule has 102 heavy (non-hydrogen) atoms. The van der Waals surface area contributed by atoms with Gasteiger partial charge in [0.2, 0.25) is 0 Å². The summed E-state index contributed by atoms with van der Waals surface area (Å²) in [7, 11) is 3.08. The number of benzene rings is 2. The Bertz CT molecular complexity index is 3770. The lowest BCUT2D eigenvalue weighted by atomic mass is 9.96. The first-order chi connectivity index (χ1) is 48.3. The Balaban J connectivity index is 0.000000348. The summed E-state index contributed by atoms with van der Waals surface area (Å²) in [6.45, 7) is 7.84. The van der Waals surface area contributed by atoms with Crippen molar-refractivity contribution in [2.75, 3.05) is 68.1 Å². The summed E-state index contributed by atoms with van der Waals surface area (Å²) in [5, 5.41) is 48.6. The smallest absolute Gasteiger partial charge is 0.480 e. The van der Waals surface area contributed by atoms with Crippen molar-refractivity contribution >= 4 is 92.6 Å². The maximum Gasteiger partial charge on any atom is 1.00 e. The van der Waals surface area contributed by atoms with Gasteiger partial charge < -0.3 is 49.8 Å². The quantitative estimate of drug-likeness (QED) is 0.00958. The highest BCUT2D eigenvalue weighted by Crippen LogP contribution is 2.40. The van der Waals surface area contributed by atoms with Crippen molar-refractivity contribution in [1.29, 1.82) is 0 Å². The van der Waals surface area contributed by atoms with Crippen LogP contribution < -0.4 is 11.1 Å². The van der Waals surface area contributed by atoms with Crippen molar-refractivity contribution in [2.45, 2.75) is 141 Å². The Kier molecular flexibility index (Phi) is 35.7. The first-order valence-corrected chi connectivity index (χ1v) is 35.2. The lowest BCUT2D eigenvalue weighted by Gasteiger charge is -2.30. The van der Waals surface area contributed by atoms with Crippen LogP contribution in [0.2, 0.25) is 15.1 Å². The predicted octanol–water partition coefficient (Wildman–Crippen LogP) is 6.63. The molecule has 558 valence electrons. The number of nitrogens with zero attached hydrogens (tertiary/aromatic N) is 13. The molecule has 3 aromatic heterocycles. The maximum atomic E-state index is 13.1. The number of azide groups is 1. The van der Waals surface area contributed by atoms with E-state index in [1.165, 1.54) is 85.7 Å². The van der Waals surface area contributed by atoms with E-state index in [1.54, 1.807) is 64.6 Å². The van der Waals surface area contributed by atoms with E-state index in [1.807, 2.05) is 19.3 Å². The molecule has 5 aromatic rings. The largest absolute Gasteiger partial charge is 1.00 e. The number of fused-ring (bicyclic) bond motifs is 1. The Labute approximate surface area is 607 Å². The molecule has 4 fully saturated rings. The Morgan fingerprint density at radius 2 is 1.18 bits per heavy atom. The molecular weight excluding hydrogens is 1420 g/mol. The van der Waals surface area contributed by atoms with E-state index in [0.29, 0.717) is 65.9 Å². The standard InChI is InChI=1S/C25H22Cl3N5O4.C10H15N3O2.C9H14N4O2.C6H12O5S.C5H9N3O2.C5H10O3.C5H6/c26-16-5-3-14(4-6-16)24(35)32-8-7-17-15(10-32)9-18(27)21(22(17)28)23(34)29-20(25(36)37)12-33-11-19(30-31-33)13-1-2-13;1-7(10(14)15-2)5-13-6-9(11-12-13)8-3-4-8;1-15-9(14)7(10)4-13-5-8(11-12-13)6-2-3-6;1-5(6(7)10-2)4-11-12(3,8)9;1-4(3-7-8-6)5(9)10-2;1-4(3-6)5(7)8-2;1-2-5-3-4-5/h3-6,9,11,13,20H,1-2,7-8,10,12H2,(H,29,34)(H,36,37);6-8H,3-5H2,1-2H3;5-7H,2-4,10H2,1H3;5H,4H2,1-3H3;4H,3H2,1-2H3;4,6H,3H2,1-2H3;1,5H,3-4H2/p+1/t20-;2*7-;5-;2*4-;/m000000./s1. The SMILES string of the molecule is C#CC1CC1.COC(=O)[C@@H](C)CN=[N+]=[N-].COC(=O)[C@@H](C)CO.COC(=O)[C@@H](C)COS(C)(=O)=O.COC(=O)[C@@H](C)Cn1cc(C2CC2)nn1.COC(=O)[C@@H](N)Cn1cc(C2CC2)nn1.O=C(N[C@@H](Cn1cc(C2CC2)nn1)C(=O)O)c1c(Cl)cc2c(c1Cl)CCN(C(=O)c1ccc(Cl)cc1)C2.[H+]. The van der Waals surface area contributed by atoms with Gasteiger partial charge in [0.15, 0.2) is 0 Å². The van der Waals surface area contributed by atoms with Gasteiger partial charge in [-0.15, -0.1) is 27.6 Å². The second-order valence-electron chi connectivity index (χ2n) is 24.3. The number of aliphatic hydroxyl groups is 1. The minimum Gasteiger partial charge on any atom is -0.480 e. The van der Waals surface area contributed by atoms with Gasteiger partial charge in [0.05, 0.1) is 131 Å². The monoisotopic (exact) mass is 1500 g/mol. The van der Waals surface area contributed by atoms with Gasteiger partial charge in [0.1, 0.15) is 12.1 Å². The van der Waals surface area contributed by atoms with Gasteiger partial charge in [-0.3, -0.25) is 47.1 Å². The van der Waals surface area contributed by atoms with Crippen molar-refractivity contribution in [1.82, 2.24) is 55.2 Å². The van der Waals surface area contributed by atoms with Crippen LogP contribution in [0.1, 0.15) is 147 Å². The first kappa shape index (κ1) is 85.6. The highest BCUT2D eigenvalue weighted by Gasteiger charge is 2.33. The molecule has 0 radical (unpaired) electrons. The number of carboxylic acid groups (broad SMARTS) is 1. The average molecular weight is 1510 g/mol. The second kappa shape index (κ2) is 42.6. The summed E-state index contributed by atoms with van der Waals surface area (Å²) >= 11 is 19.0. The van der Waals surface area contributed by atoms with Crippen molar-refractivity contribution in [3.8, 4) is 12.3 Å². The molecule has 0 saturated heterocycles. The molecule has 0 bridgehead atoms. The number of nitrogens with two attached hydrogens (primary N) is 1. The number of terminal acetylenes is 1. The van der Waals surface area contributed by atoms with E-state index in [2.05, 4.69) is 80.1 Å². The fraction of sp³-hybridized carbons (Fsp3) is 0.569. The molecule has 5 N–H and O–H groups in total. The summed E-state index contributed by atoms with van der Waals surface area (Å²) < 4.78 is 52.3. The summed E-state index contributed by atoms with van der Waals surface area (Å²) in [6, 6.07) is 6.31. The molecule has 2 aromatic carbocycles. The van der Waals surface area contributed by atoms with Gasteiger partial charge in [0.25, 0.3) is 21.9 Å². The number of carbonyl (C=O) groups excluding carboxylic acids is 7. The third-order valence-electron chi connectivity index (χ3n) is 15.4. The summed E-state index contributed by atoms with van der Waals surface area (Å²) in [5.41, 5.74) is 18.3. The average Bonchev–Trinajstić information content (AvgIpc) is 1.52. The summed E-state index contributed by atoms with van der Waals surface area (Å²) in [4.78, 5) is 96.1. The molecule has 2 amide bonds. The number of hydrogen-bond acceptors (Lipinski definition) is 25. The van der Waals surface area contributed by atoms with E-state index < -0.39 is 51.9 Å². The van der Waals surface area contributed by atoms with Gasteiger partial charge in [0, 0.05) is 77.4 Å². The maximum absolute atomic E-state index is 13.1. The van der Waals surface area contributed by atoms with Gasteiger partial charge in [-0.05, 0) is 119 Å². The number of rotatable bonds is 24. The van der Waals surface area contributed by atoms with Crippen LogP contribution in [0.4, 0.5) is 0 Å². The summed E-state index contributed by atoms with van der Waals surface area (Å²) in [6.07, 6.45) is 21.2. The van der Waals surface area contributed by atoms with Crippen LogP contribution in [0.25, 0.3) is 10.4 Å². The van der Waals surface area contributed by atoms with Crippen molar-refractivity contribution in [3.63, 3.8) is 0 Å². The lowest BCUT2D eigenvalue weighted by Crippen LogP contribution is -2.44. The molecule has 0 unspecified atom stereocenters. The van der Waals surface area contributed by atoms with Crippen LogP contribution in [0, 0.1) is 41.9 Å². The molecule has 0 spiro atoms. The zero-order valence-corrected chi connectivity index (χ0v) is 61.4. The number of aliphatic carboxylic acids is 1. The highest BCUT2D eigenvalue weighted by atomic mass is 35.5. The molecular formula is C65H89Cl3N15O18S+. The van der Waals surface area contributed by atoms with Crippen LogP contribution in [0.5, 0.6) is 0 Å². The fourth-order valence-corrected chi connectivity index (χ4v) is 10.1. The molecule has 10 rings (SSSR count). The number of halogens is 3. The fourth-order valence-electron chi connectivity index (χ4n) is 8.76. The third-order valence-corrected chi connectivity index (χ3v) is 17.0. The van der Waals surface area contributed by atoms with Gasteiger partial charge >= 0.3 is 37.2 Å². The van der Waals surface area contributed by atoms with E-state index in [4.69, 9.17) is 57.6 Å². The Morgan fingerprint density at radius 3 is 1.59 bits per heavy atom. The number of hydrogen-bond donors (Lipinski definition) is 4. The lowest BCUT2D eigenvalue weighted by molar-refractivity contribution is -0.146. The van der Waals surface area contributed by atoms with E-state index in [-0.39, 0.29) is 91.5 Å². The van der Waals surface area contributed by atoms with E-state index >= 15 is 0 Å². The van der Waals surface area contributed by atoms with Crippen LogP contribution in [-0.4, -0.2) is 196 Å². The number of nitrogens with one attached hydrogen (secondary N) is 1. The van der Waals surface area contributed by atoms with Crippen LogP contribution in [-0.2, 0) is 99.4 Å². The van der Waals surface area contributed by atoms with Crippen molar-refractivity contribution in [2.24, 2.45) is 40.4 Å². The number of esters is 5. The van der Waals surface area contributed by atoms with Crippen LogP contribution >= 0.6 is 34.8 Å². The molecule has 5 aliphatic rings. The third kappa shape index (κ3) is 30.0. The Hall–Kier alpha value is -8.81. The van der Waals surface area contributed by atoms with Crippen molar-refractivity contribution < 1.29 is 86.3 Å². The minimum atomic E-state index is -3.47.